The summed E-state index contributed by atoms with van der Waals surface area (Å²) in [7, 11) is 1.64. The summed E-state index contributed by atoms with van der Waals surface area (Å²) in [4.78, 5) is 0. The third kappa shape index (κ3) is 3.40. The van der Waals surface area contributed by atoms with Crippen molar-refractivity contribution in [2.75, 3.05) is 7.11 Å². The maximum Gasteiger partial charge on any atom is 0.110 e. The fourth-order valence-electron chi connectivity index (χ4n) is 0.520. The van der Waals surface area contributed by atoms with Crippen molar-refractivity contribution in [1.82, 2.24) is 0 Å². The van der Waals surface area contributed by atoms with Crippen LogP contribution in [0.25, 0.3) is 0 Å². The standard InChI is InChI=1S/C7H17NO.ClH/c1-5-7(2,3)6(8)9-4;/h6H,5,8H2,1-4H3;1H. The van der Waals surface area contributed by atoms with Gasteiger partial charge in [0, 0.05) is 12.5 Å². The summed E-state index contributed by atoms with van der Waals surface area (Å²) < 4.78 is 4.98. The molecule has 0 aromatic heterocycles. The third-order valence-corrected chi connectivity index (χ3v) is 1.94. The zero-order chi connectivity index (χ0) is 7.49. The maximum absolute atomic E-state index is 5.64. The molecule has 2 nitrogen and oxygen atoms in total. The molecule has 64 valence electrons. The van der Waals surface area contributed by atoms with E-state index in [1.807, 2.05) is 0 Å². The Morgan fingerprint density at radius 2 is 1.90 bits per heavy atom. The molecule has 0 saturated carbocycles. The van der Waals surface area contributed by atoms with Gasteiger partial charge in [-0.3, -0.25) is 0 Å². The van der Waals surface area contributed by atoms with Crippen molar-refractivity contribution in [3.8, 4) is 0 Å². The molecule has 1 unspecified atom stereocenters. The summed E-state index contributed by atoms with van der Waals surface area (Å²) in [5.74, 6) is 0. The highest BCUT2D eigenvalue weighted by molar-refractivity contribution is 5.85. The van der Waals surface area contributed by atoms with E-state index >= 15 is 0 Å². The average Bonchev–Trinajstić information content (AvgIpc) is 1.86. The van der Waals surface area contributed by atoms with Gasteiger partial charge in [0.1, 0.15) is 6.23 Å². The molecule has 0 radical (unpaired) electrons. The topological polar surface area (TPSA) is 35.2 Å². The first-order valence-corrected chi connectivity index (χ1v) is 3.33. The lowest BCUT2D eigenvalue weighted by Gasteiger charge is -2.28. The van der Waals surface area contributed by atoms with E-state index in [0.29, 0.717) is 0 Å². The van der Waals surface area contributed by atoms with Crippen LogP contribution >= 0.6 is 12.4 Å². The van der Waals surface area contributed by atoms with E-state index < -0.39 is 0 Å². The van der Waals surface area contributed by atoms with Crippen LogP contribution in [0.3, 0.4) is 0 Å². The Bertz CT molecular complexity index is 85.7. The second kappa shape index (κ2) is 4.94. The van der Waals surface area contributed by atoms with Gasteiger partial charge in [-0.15, -0.1) is 12.4 Å². The van der Waals surface area contributed by atoms with E-state index in [2.05, 4.69) is 20.8 Å². The van der Waals surface area contributed by atoms with Crippen molar-refractivity contribution in [1.29, 1.82) is 0 Å². The first-order chi connectivity index (χ1) is 4.04. The van der Waals surface area contributed by atoms with E-state index in [1.165, 1.54) is 0 Å². The molecule has 10 heavy (non-hydrogen) atoms. The molecule has 0 aromatic carbocycles. The van der Waals surface area contributed by atoms with Crippen LogP contribution < -0.4 is 5.73 Å². The second-order valence-electron chi connectivity index (χ2n) is 3.00. The Balaban J connectivity index is 0. The number of rotatable bonds is 3. The van der Waals surface area contributed by atoms with Gasteiger partial charge < -0.3 is 10.5 Å². The first kappa shape index (κ1) is 12.8. The minimum atomic E-state index is -0.137. The number of ether oxygens (including phenoxy) is 1. The molecular formula is C7H18ClNO. The summed E-state index contributed by atoms with van der Waals surface area (Å²) in [6, 6.07) is 0. The van der Waals surface area contributed by atoms with Gasteiger partial charge in [-0.25, -0.2) is 0 Å². The van der Waals surface area contributed by atoms with Gasteiger partial charge in [0.2, 0.25) is 0 Å². The van der Waals surface area contributed by atoms with Gasteiger partial charge in [0.25, 0.3) is 0 Å². The van der Waals surface area contributed by atoms with Crippen LogP contribution in [0.5, 0.6) is 0 Å². The van der Waals surface area contributed by atoms with E-state index in [-0.39, 0.29) is 24.0 Å². The monoisotopic (exact) mass is 167 g/mol. The van der Waals surface area contributed by atoms with Crippen molar-refractivity contribution >= 4 is 12.4 Å². The highest BCUT2D eigenvalue weighted by Gasteiger charge is 2.23. The van der Waals surface area contributed by atoms with Crippen LogP contribution in [0.15, 0.2) is 0 Å². The number of hydrogen-bond acceptors (Lipinski definition) is 2. The third-order valence-electron chi connectivity index (χ3n) is 1.94. The molecule has 1 atom stereocenters. The minimum Gasteiger partial charge on any atom is -0.366 e. The Kier molecular flexibility index (Phi) is 6.35. The molecule has 0 saturated heterocycles. The lowest BCUT2D eigenvalue weighted by Crippen LogP contribution is -2.38. The number of nitrogens with two attached hydrogens (primary N) is 1. The zero-order valence-corrected chi connectivity index (χ0v) is 7.99. The normalized spacial score (nSPS) is 14.1. The summed E-state index contributed by atoms with van der Waals surface area (Å²) in [6.45, 7) is 6.31. The number of methoxy groups -OCH3 is 1. The number of hydrogen-bond donors (Lipinski definition) is 1. The smallest absolute Gasteiger partial charge is 0.110 e. The van der Waals surface area contributed by atoms with Crippen LogP contribution in [-0.2, 0) is 4.74 Å². The highest BCUT2D eigenvalue weighted by atomic mass is 35.5. The van der Waals surface area contributed by atoms with Crippen molar-refractivity contribution in [3.63, 3.8) is 0 Å². The predicted molar refractivity (Wildman–Crippen MR) is 46.3 cm³/mol. The Morgan fingerprint density at radius 1 is 1.50 bits per heavy atom. The van der Waals surface area contributed by atoms with Gasteiger partial charge in [0.15, 0.2) is 0 Å². The molecule has 0 heterocycles. The SMILES string of the molecule is CCC(C)(C)C(N)OC.Cl. The van der Waals surface area contributed by atoms with Crippen LogP contribution in [0.2, 0.25) is 0 Å². The fourth-order valence-corrected chi connectivity index (χ4v) is 0.520. The lowest BCUT2D eigenvalue weighted by atomic mass is 9.88. The molecule has 0 aliphatic carbocycles. The molecule has 0 rings (SSSR count). The number of halogens is 1. The largest absolute Gasteiger partial charge is 0.366 e. The molecule has 0 amide bonds. The summed E-state index contributed by atoms with van der Waals surface area (Å²) in [6.07, 6.45) is 0.907. The van der Waals surface area contributed by atoms with Gasteiger partial charge in [-0.1, -0.05) is 20.8 Å². The maximum atomic E-state index is 5.64. The van der Waals surface area contributed by atoms with Crippen molar-refractivity contribution in [3.05, 3.63) is 0 Å². The second-order valence-corrected chi connectivity index (χ2v) is 3.00. The molecule has 0 aliphatic rings. The highest BCUT2D eigenvalue weighted by Crippen LogP contribution is 2.22. The van der Waals surface area contributed by atoms with Crippen LogP contribution in [-0.4, -0.2) is 13.3 Å². The summed E-state index contributed by atoms with van der Waals surface area (Å²) >= 11 is 0. The zero-order valence-electron chi connectivity index (χ0n) is 7.18. The van der Waals surface area contributed by atoms with Crippen molar-refractivity contribution in [2.24, 2.45) is 11.1 Å². The van der Waals surface area contributed by atoms with Gasteiger partial charge in [-0.2, -0.15) is 0 Å². The van der Waals surface area contributed by atoms with Gasteiger partial charge in [-0.05, 0) is 6.42 Å². The quantitative estimate of drug-likeness (QED) is 0.651. The minimum absolute atomic E-state index is 0. The van der Waals surface area contributed by atoms with Gasteiger partial charge in [0.05, 0.1) is 0 Å². The molecule has 0 bridgehead atoms. The average molecular weight is 168 g/mol. The molecule has 2 N–H and O–H groups in total. The van der Waals surface area contributed by atoms with E-state index in [4.69, 9.17) is 10.5 Å². The van der Waals surface area contributed by atoms with Crippen LogP contribution in [0, 0.1) is 5.41 Å². The molecular weight excluding hydrogens is 150 g/mol. The van der Waals surface area contributed by atoms with E-state index in [0.717, 1.165) is 6.42 Å². The Labute approximate surface area is 69.5 Å². The molecule has 0 aliphatic heterocycles. The summed E-state index contributed by atoms with van der Waals surface area (Å²) in [5.41, 5.74) is 5.74. The van der Waals surface area contributed by atoms with E-state index in [1.54, 1.807) is 7.11 Å². The predicted octanol–water partition coefficient (Wildman–Crippen LogP) is 1.78. The van der Waals surface area contributed by atoms with Crippen LogP contribution in [0.4, 0.5) is 0 Å². The first-order valence-electron chi connectivity index (χ1n) is 3.33. The lowest BCUT2D eigenvalue weighted by molar-refractivity contribution is 0.00971. The Hall–Kier alpha value is 0.210. The molecule has 0 spiro atoms. The molecule has 0 aromatic rings. The van der Waals surface area contributed by atoms with Crippen molar-refractivity contribution < 1.29 is 4.74 Å². The molecule has 0 fully saturated rings. The van der Waals surface area contributed by atoms with Crippen molar-refractivity contribution in [2.45, 2.75) is 33.4 Å². The van der Waals surface area contributed by atoms with Gasteiger partial charge >= 0.3 is 0 Å². The Morgan fingerprint density at radius 3 is 2.00 bits per heavy atom. The van der Waals surface area contributed by atoms with Crippen LogP contribution in [0.1, 0.15) is 27.2 Å². The molecule has 3 heteroatoms. The van der Waals surface area contributed by atoms with E-state index in [9.17, 15) is 0 Å². The fraction of sp³-hybridized carbons (Fsp3) is 1.00. The summed E-state index contributed by atoms with van der Waals surface area (Å²) in [5, 5.41) is 0.